The van der Waals surface area contributed by atoms with Crippen LogP contribution in [0.2, 0.25) is 0 Å². The van der Waals surface area contributed by atoms with Crippen molar-refractivity contribution < 1.29 is 9.90 Å². The van der Waals surface area contributed by atoms with E-state index >= 15 is 0 Å². The average molecular weight is 248 g/mol. The number of aromatic nitrogens is 2. The number of aromatic carboxylic acids is 1. The van der Waals surface area contributed by atoms with Crippen LogP contribution in [0.5, 0.6) is 0 Å². The Labute approximate surface area is 103 Å². The highest BCUT2D eigenvalue weighted by Gasteiger charge is 2.19. The van der Waals surface area contributed by atoms with E-state index in [2.05, 4.69) is 5.10 Å². The molecule has 17 heavy (non-hydrogen) atoms. The normalized spacial score (nSPS) is 10.5. The summed E-state index contributed by atoms with van der Waals surface area (Å²) >= 11 is 1.43. The molecule has 2 rings (SSSR count). The quantitative estimate of drug-likeness (QED) is 0.907. The Kier molecular flexibility index (Phi) is 3.19. The fraction of sp³-hybridized carbons (Fsp3) is 0.167. The van der Waals surface area contributed by atoms with E-state index < -0.39 is 5.97 Å². The summed E-state index contributed by atoms with van der Waals surface area (Å²) < 4.78 is 1.59. The molecule has 0 fully saturated rings. The topological polar surface area (TPSA) is 55.1 Å². The molecule has 0 radical (unpaired) electrons. The first-order chi connectivity index (χ1) is 8.09. The molecule has 5 heteroatoms. The maximum absolute atomic E-state index is 11.1. The van der Waals surface area contributed by atoms with E-state index in [-0.39, 0.29) is 5.69 Å². The van der Waals surface area contributed by atoms with Gasteiger partial charge in [-0.15, -0.1) is 0 Å². The Morgan fingerprint density at radius 1 is 1.35 bits per heavy atom. The van der Waals surface area contributed by atoms with Gasteiger partial charge >= 0.3 is 5.97 Å². The second-order valence-electron chi connectivity index (χ2n) is 3.61. The Balaban J connectivity index is 2.41. The number of aryl methyl sites for hydroxylation is 1. The lowest BCUT2D eigenvalue weighted by atomic mass is 10.4. The maximum atomic E-state index is 11.1. The third-order valence-electron chi connectivity index (χ3n) is 2.44. The van der Waals surface area contributed by atoms with Gasteiger partial charge in [0.25, 0.3) is 0 Å². The second kappa shape index (κ2) is 4.63. The van der Waals surface area contributed by atoms with Crippen molar-refractivity contribution in [2.24, 2.45) is 7.05 Å². The summed E-state index contributed by atoms with van der Waals surface area (Å²) in [6.07, 6.45) is 0. The van der Waals surface area contributed by atoms with E-state index in [4.69, 9.17) is 5.11 Å². The Hall–Kier alpha value is -1.75. The van der Waals surface area contributed by atoms with E-state index in [1.54, 1.807) is 11.7 Å². The van der Waals surface area contributed by atoms with Crippen molar-refractivity contribution in [1.82, 2.24) is 9.78 Å². The van der Waals surface area contributed by atoms with Crippen molar-refractivity contribution in [3.05, 3.63) is 41.7 Å². The molecule has 88 valence electrons. The van der Waals surface area contributed by atoms with E-state index in [1.165, 1.54) is 11.8 Å². The van der Waals surface area contributed by atoms with Crippen molar-refractivity contribution >= 4 is 17.7 Å². The molecular weight excluding hydrogens is 236 g/mol. The number of carboxylic acid groups (broad SMARTS) is 1. The molecule has 4 nitrogen and oxygen atoms in total. The van der Waals surface area contributed by atoms with E-state index in [1.807, 2.05) is 37.3 Å². The van der Waals surface area contributed by atoms with Gasteiger partial charge in [0.2, 0.25) is 0 Å². The van der Waals surface area contributed by atoms with Crippen LogP contribution in [-0.2, 0) is 7.05 Å². The Morgan fingerprint density at radius 2 is 2.00 bits per heavy atom. The van der Waals surface area contributed by atoms with Gasteiger partial charge in [0.05, 0.1) is 4.90 Å². The van der Waals surface area contributed by atoms with Crippen LogP contribution in [-0.4, -0.2) is 20.9 Å². The summed E-state index contributed by atoms with van der Waals surface area (Å²) in [5.74, 6) is -0.993. The molecule has 1 heterocycles. The molecule has 0 bridgehead atoms. The summed E-state index contributed by atoms with van der Waals surface area (Å²) in [4.78, 5) is 12.8. The first kappa shape index (κ1) is 11.7. The van der Waals surface area contributed by atoms with Crippen molar-refractivity contribution in [2.45, 2.75) is 16.7 Å². The highest BCUT2D eigenvalue weighted by Crippen LogP contribution is 2.32. The number of benzene rings is 1. The van der Waals surface area contributed by atoms with Gasteiger partial charge in [0.1, 0.15) is 0 Å². The van der Waals surface area contributed by atoms with Crippen LogP contribution in [0.4, 0.5) is 0 Å². The van der Waals surface area contributed by atoms with Crippen molar-refractivity contribution in [1.29, 1.82) is 0 Å². The molecule has 0 saturated carbocycles. The van der Waals surface area contributed by atoms with Gasteiger partial charge in [-0.3, -0.25) is 4.68 Å². The number of nitrogens with zero attached hydrogens (tertiary/aromatic N) is 2. The molecule has 0 saturated heterocycles. The first-order valence-corrected chi connectivity index (χ1v) is 5.91. The molecule has 1 aromatic carbocycles. The minimum absolute atomic E-state index is 0.110. The van der Waals surface area contributed by atoms with Gasteiger partial charge in [-0.2, -0.15) is 5.10 Å². The van der Waals surface area contributed by atoms with Crippen molar-refractivity contribution in [3.63, 3.8) is 0 Å². The van der Waals surface area contributed by atoms with Crippen LogP contribution in [0.1, 0.15) is 16.2 Å². The van der Waals surface area contributed by atoms with Crippen molar-refractivity contribution in [3.8, 4) is 0 Å². The fourth-order valence-electron chi connectivity index (χ4n) is 1.46. The molecule has 0 aliphatic rings. The minimum Gasteiger partial charge on any atom is -0.476 e. The number of rotatable bonds is 3. The van der Waals surface area contributed by atoms with E-state index in [0.29, 0.717) is 4.90 Å². The predicted octanol–water partition coefficient (Wildman–Crippen LogP) is 2.58. The largest absolute Gasteiger partial charge is 0.476 e. The number of hydrogen-bond acceptors (Lipinski definition) is 3. The van der Waals surface area contributed by atoms with Crippen LogP contribution in [0.15, 0.2) is 40.1 Å². The minimum atomic E-state index is -0.993. The van der Waals surface area contributed by atoms with Gasteiger partial charge in [-0.1, -0.05) is 30.0 Å². The molecule has 1 aromatic heterocycles. The van der Waals surface area contributed by atoms with Crippen LogP contribution in [0, 0.1) is 6.92 Å². The summed E-state index contributed by atoms with van der Waals surface area (Å²) in [5, 5.41) is 13.1. The lowest BCUT2D eigenvalue weighted by molar-refractivity contribution is 0.0686. The highest BCUT2D eigenvalue weighted by molar-refractivity contribution is 7.99. The molecule has 2 aromatic rings. The lowest BCUT2D eigenvalue weighted by Crippen LogP contribution is -2.00. The number of carbonyl (C=O) groups is 1. The van der Waals surface area contributed by atoms with Gasteiger partial charge in [-0.25, -0.2) is 4.79 Å². The number of hydrogen-bond donors (Lipinski definition) is 1. The van der Waals surface area contributed by atoms with Crippen LogP contribution >= 0.6 is 11.8 Å². The molecule has 0 atom stereocenters. The Bertz CT molecular complexity index is 549. The monoisotopic (exact) mass is 248 g/mol. The SMILES string of the molecule is Cc1c(Sc2ccccc2)c(C(=O)O)nn1C. The zero-order valence-electron chi connectivity index (χ0n) is 9.54. The number of carboxylic acids is 1. The van der Waals surface area contributed by atoms with Crippen molar-refractivity contribution in [2.75, 3.05) is 0 Å². The molecule has 0 spiro atoms. The summed E-state index contributed by atoms with van der Waals surface area (Å²) in [5.41, 5.74) is 0.968. The Morgan fingerprint density at radius 3 is 2.59 bits per heavy atom. The molecule has 1 N–H and O–H groups in total. The standard InChI is InChI=1S/C12H12N2O2S/c1-8-11(10(12(15)16)13-14(8)2)17-9-6-4-3-5-7-9/h3-7H,1-2H3,(H,15,16). The molecule has 0 amide bonds. The van der Waals surface area contributed by atoms with Gasteiger partial charge in [0.15, 0.2) is 5.69 Å². The average Bonchev–Trinajstić information content (AvgIpc) is 2.59. The molecule has 0 aliphatic heterocycles. The van der Waals surface area contributed by atoms with Crippen LogP contribution in [0.3, 0.4) is 0 Å². The second-order valence-corrected chi connectivity index (χ2v) is 4.69. The summed E-state index contributed by atoms with van der Waals surface area (Å²) in [6.45, 7) is 1.87. The summed E-state index contributed by atoms with van der Waals surface area (Å²) in [7, 11) is 1.75. The van der Waals surface area contributed by atoms with E-state index in [0.717, 1.165) is 10.6 Å². The molecule has 0 unspecified atom stereocenters. The smallest absolute Gasteiger partial charge is 0.357 e. The van der Waals surface area contributed by atoms with Gasteiger partial charge in [-0.05, 0) is 19.1 Å². The fourth-order valence-corrected chi connectivity index (χ4v) is 2.49. The summed E-state index contributed by atoms with van der Waals surface area (Å²) in [6, 6.07) is 9.67. The van der Waals surface area contributed by atoms with Gasteiger partial charge in [0, 0.05) is 17.6 Å². The molecular formula is C12H12N2O2S. The third kappa shape index (κ3) is 2.34. The molecule has 0 aliphatic carbocycles. The first-order valence-electron chi connectivity index (χ1n) is 5.09. The zero-order valence-corrected chi connectivity index (χ0v) is 10.4. The third-order valence-corrected chi connectivity index (χ3v) is 3.65. The van der Waals surface area contributed by atoms with Gasteiger partial charge < -0.3 is 5.11 Å². The van der Waals surface area contributed by atoms with E-state index in [9.17, 15) is 4.79 Å². The van der Waals surface area contributed by atoms with Crippen LogP contribution in [0.25, 0.3) is 0 Å². The highest BCUT2D eigenvalue weighted by atomic mass is 32.2. The zero-order chi connectivity index (χ0) is 12.4. The maximum Gasteiger partial charge on any atom is 0.357 e. The van der Waals surface area contributed by atoms with Crippen LogP contribution < -0.4 is 0 Å². The predicted molar refractivity (Wildman–Crippen MR) is 65.5 cm³/mol. The lowest BCUT2D eigenvalue weighted by Gasteiger charge is -2.01.